The molecule has 0 amide bonds. The molecule has 0 fully saturated rings. The van der Waals surface area contributed by atoms with Crippen LogP contribution >= 0.6 is 15.9 Å². The quantitative estimate of drug-likeness (QED) is 0.929. The first-order valence-corrected chi connectivity index (χ1v) is 5.84. The second-order valence-electron chi connectivity index (χ2n) is 3.59. The number of halogens is 4. The number of nitrogens with zero attached hydrogens (tertiary/aromatic N) is 1. The van der Waals surface area contributed by atoms with Gasteiger partial charge in [-0.2, -0.15) is 0 Å². The van der Waals surface area contributed by atoms with Gasteiger partial charge in [0.1, 0.15) is 0 Å². The fourth-order valence-corrected chi connectivity index (χ4v) is 1.68. The highest BCUT2D eigenvalue weighted by molar-refractivity contribution is 9.10. The Morgan fingerprint density at radius 2 is 1.83 bits per heavy atom. The van der Waals surface area contributed by atoms with E-state index in [0.29, 0.717) is 10.0 Å². The smallest absolute Gasteiger partial charge is 0.166 e. The Hall–Kier alpha value is -1.56. The van der Waals surface area contributed by atoms with Gasteiger partial charge in [-0.25, -0.2) is 18.2 Å². The molecule has 0 spiro atoms. The SMILES string of the molecule is Fc1ccc(CNc2ncc(Br)cc2F)cc1F. The lowest BCUT2D eigenvalue weighted by molar-refractivity contribution is 0.507. The monoisotopic (exact) mass is 316 g/mol. The van der Waals surface area contributed by atoms with Gasteiger partial charge in [0.05, 0.1) is 0 Å². The lowest BCUT2D eigenvalue weighted by Crippen LogP contribution is -2.04. The van der Waals surface area contributed by atoms with Crippen molar-refractivity contribution in [1.82, 2.24) is 4.98 Å². The van der Waals surface area contributed by atoms with E-state index in [1.807, 2.05) is 0 Å². The molecule has 0 saturated heterocycles. The molecule has 2 nitrogen and oxygen atoms in total. The number of hydrogen-bond donors (Lipinski definition) is 1. The highest BCUT2D eigenvalue weighted by atomic mass is 79.9. The largest absolute Gasteiger partial charge is 0.364 e. The number of nitrogens with one attached hydrogen (secondary N) is 1. The minimum absolute atomic E-state index is 0.0583. The molecule has 1 aromatic carbocycles. The van der Waals surface area contributed by atoms with Crippen LogP contribution < -0.4 is 5.32 Å². The van der Waals surface area contributed by atoms with Crippen LogP contribution in [0.1, 0.15) is 5.56 Å². The van der Waals surface area contributed by atoms with Crippen molar-refractivity contribution in [2.24, 2.45) is 0 Å². The average molecular weight is 317 g/mol. The first kappa shape index (κ1) is 12.9. The molecule has 0 aliphatic rings. The number of anilines is 1. The Morgan fingerprint density at radius 3 is 2.50 bits per heavy atom. The van der Waals surface area contributed by atoms with E-state index >= 15 is 0 Å². The third kappa shape index (κ3) is 3.01. The topological polar surface area (TPSA) is 24.9 Å². The van der Waals surface area contributed by atoms with E-state index in [0.717, 1.165) is 12.1 Å². The molecule has 1 heterocycles. The third-order valence-electron chi connectivity index (χ3n) is 2.25. The molecular formula is C12H8BrF3N2. The van der Waals surface area contributed by atoms with Crippen LogP contribution in [-0.2, 0) is 6.54 Å². The zero-order valence-electron chi connectivity index (χ0n) is 9.05. The van der Waals surface area contributed by atoms with Crippen LogP contribution in [0.5, 0.6) is 0 Å². The predicted octanol–water partition coefficient (Wildman–Crippen LogP) is 3.87. The molecule has 0 saturated carbocycles. The van der Waals surface area contributed by atoms with Crippen LogP contribution in [0.2, 0.25) is 0 Å². The van der Waals surface area contributed by atoms with Crippen molar-refractivity contribution in [3.8, 4) is 0 Å². The van der Waals surface area contributed by atoms with Crippen LogP contribution in [0.15, 0.2) is 34.9 Å². The number of rotatable bonds is 3. The maximum Gasteiger partial charge on any atom is 0.166 e. The van der Waals surface area contributed by atoms with Gasteiger partial charge in [0.15, 0.2) is 23.3 Å². The summed E-state index contributed by atoms with van der Waals surface area (Å²) in [6.07, 6.45) is 1.44. The minimum atomic E-state index is -0.932. The number of aromatic nitrogens is 1. The van der Waals surface area contributed by atoms with Gasteiger partial charge in [-0.3, -0.25) is 0 Å². The van der Waals surface area contributed by atoms with Crippen molar-refractivity contribution in [3.63, 3.8) is 0 Å². The van der Waals surface area contributed by atoms with Gasteiger partial charge in [-0.15, -0.1) is 0 Å². The number of benzene rings is 1. The van der Waals surface area contributed by atoms with E-state index in [1.165, 1.54) is 18.3 Å². The van der Waals surface area contributed by atoms with Crippen molar-refractivity contribution >= 4 is 21.7 Å². The van der Waals surface area contributed by atoms with E-state index in [4.69, 9.17) is 0 Å². The predicted molar refractivity (Wildman–Crippen MR) is 65.6 cm³/mol. The molecule has 6 heteroatoms. The Bertz CT molecular complexity index is 575. The lowest BCUT2D eigenvalue weighted by atomic mass is 10.2. The summed E-state index contributed by atoms with van der Waals surface area (Å²) < 4.78 is 39.6. The maximum atomic E-state index is 13.4. The summed E-state index contributed by atoms with van der Waals surface area (Å²) in [6, 6.07) is 4.76. The first-order chi connectivity index (χ1) is 8.56. The van der Waals surface area contributed by atoms with Crippen molar-refractivity contribution in [2.75, 3.05) is 5.32 Å². The highest BCUT2D eigenvalue weighted by Crippen LogP contribution is 2.17. The minimum Gasteiger partial charge on any atom is -0.364 e. The molecule has 94 valence electrons. The Morgan fingerprint density at radius 1 is 1.06 bits per heavy atom. The molecule has 1 N–H and O–H groups in total. The van der Waals surface area contributed by atoms with Gasteiger partial charge in [-0.05, 0) is 39.7 Å². The van der Waals surface area contributed by atoms with Crippen LogP contribution in [-0.4, -0.2) is 4.98 Å². The fourth-order valence-electron chi connectivity index (χ4n) is 1.38. The molecule has 0 bridgehead atoms. The molecule has 2 rings (SSSR count). The van der Waals surface area contributed by atoms with E-state index in [-0.39, 0.29) is 12.4 Å². The molecule has 0 atom stereocenters. The molecule has 18 heavy (non-hydrogen) atoms. The molecule has 0 aliphatic heterocycles. The number of pyridine rings is 1. The zero-order chi connectivity index (χ0) is 13.1. The van der Waals surface area contributed by atoms with Crippen LogP contribution in [0.25, 0.3) is 0 Å². The summed E-state index contributed by atoms with van der Waals surface area (Å²) in [5.74, 6) is -2.31. The maximum absolute atomic E-state index is 13.4. The Balaban J connectivity index is 2.09. The van der Waals surface area contributed by atoms with Gasteiger partial charge in [0, 0.05) is 17.2 Å². The van der Waals surface area contributed by atoms with Gasteiger partial charge in [0.25, 0.3) is 0 Å². The summed E-state index contributed by atoms with van der Waals surface area (Å²) in [5, 5.41) is 2.71. The first-order valence-electron chi connectivity index (χ1n) is 5.05. The summed E-state index contributed by atoms with van der Waals surface area (Å²) in [5.41, 5.74) is 0.498. The second-order valence-corrected chi connectivity index (χ2v) is 4.50. The van der Waals surface area contributed by atoms with Gasteiger partial charge < -0.3 is 5.32 Å². The van der Waals surface area contributed by atoms with Crippen molar-refractivity contribution in [1.29, 1.82) is 0 Å². The summed E-state index contributed by atoms with van der Waals surface area (Å²) >= 11 is 3.09. The second kappa shape index (κ2) is 5.39. The highest BCUT2D eigenvalue weighted by Gasteiger charge is 2.06. The molecule has 0 unspecified atom stereocenters. The van der Waals surface area contributed by atoms with E-state index < -0.39 is 17.5 Å². The fraction of sp³-hybridized carbons (Fsp3) is 0.0833. The molecule has 2 aromatic rings. The third-order valence-corrected chi connectivity index (χ3v) is 2.69. The molecular weight excluding hydrogens is 309 g/mol. The summed E-state index contributed by atoms with van der Waals surface area (Å²) in [6.45, 7) is 0.156. The number of hydrogen-bond acceptors (Lipinski definition) is 2. The van der Waals surface area contributed by atoms with E-state index in [9.17, 15) is 13.2 Å². The Kier molecular flexibility index (Phi) is 3.86. The normalized spacial score (nSPS) is 10.4. The summed E-state index contributed by atoms with van der Waals surface area (Å²) in [7, 11) is 0. The Labute approximate surface area is 110 Å². The van der Waals surface area contributed by atoms with Crippen LogP contribution in [0, 0.1) is 17.5 Å². The van der Waals surface area contributed by atoms with E-state index in [1.54, 1.807) is 0 Å². The van der Waals surface area contributed by atoms with Crippen molar-refractivity contribution < 1.29 is 13.2 Å². The standard InChI is InChI=1S/C12H8BrF3N2/c13-8-4-11(16)12(18-6-8)17-5-7-1-2-9(14)10(15)3-7/h1-4,6H,5H2,(H,17,18). The molecule has 1 aromatic heterocycles. The summed E-state index contributed by atoms with van der Waals surface area (Å²) in [4.78, 5) is 3.83. The molecule has 0 aliphatic carbocycles. The van der Waals surface area contributed by atoms with Gasteiger partial charge >= 0.3 is 0 Å². The van der Waals surface area contributed by atoms with Crippen LogP contribution in [0.3, 0.4) is 0 Å². The van der Waals surface area contributed by atoms with Gasteiger partial charge in [-0.1, -0.05) is 6.07 Å². The van der Waals surface area contributed by atoms with E-state index in [2.05, 4.69) is 26.2 Å². The van der Waals surface area contributed by atoms with Crippen LogP contribution in [0.4, 0.5) is 19.0 Å². The van der Waals surface area contributed by atoms with Gasteiger partial charge in [0.2, 0.25) is 0 Å². The van der Waals surface area contributed by atoms with Crippen molar-refractivity contribution in [3.05, 3.63) is 58.0 Å². The molecule has 0 radical (unpaired) electrons. The average Bonchev–Trinajstić information content (AvgIpc) is 2.32. The van der Waals surface area contributed by atoms with Crippen molar-refractivity contribution in [2.45, 2.75) is 6.54 Å². The zero-order valence-corrected chi connectivity index (χ0v) is 10.6. The lowest BCUT2D eigenvalue weighted by Gasteiger charge is -2.07.